The Balaban J connectivity index is 2.09. The predicted octanol–water partition coefficient (Wildman–Crippen LogP) is 0.978. The van der Waals surface area contributed by atoms with E-state index in [-0.39, 0.29) is 24.1 Å². The first-order valence-electron chi connectivity index (χ1n) is 6.42. The Labute approximate surface area is 134 Å². The van der Waals surface area contributed by atoms with Crippen LogP contribution in [0.25, 0.3) is 0 Å². The van der Waals surface area contributed by atoms with Crippen LogP contribution >= 0.6 is 15.9 Å². The van der Waals surface area contributed by atoms with Gasteiger partial charge in [-0.3, -0.25) is 24.1 Å². The smallest absolute Gasteiger partial charge is 0.305 e. The molecule has 0 fully saturated rings. The third-order valence-corrected chi connectivity index (χ3v) is 3.81. The predicted molar refractivity (Wildman–Crippen MR) is 79.4 cm³/mol. The number of amides is 3. The van der Waals surface area contributed by atoms with Gasteiger partial charge in [0.15, 0.2) is 0 Å². The molecule has 116 valence electrons. The molecule has 0 aromatic heterocycles. The molecule has 1 aliphatic heterocycles. The summed E-state index contributed by atoms with van der Waals surface area (Å²) in [6.45, 7) is -0.386. The zero-order valence-electron chi connectivity index (χ0n) is 11.7. The zero-order valence-corrected chi connectivity index (χ0v) is 13.3. The van der Waals surface area contributed by atoms with E-state index < -0.39 is 30.2 Å². The number of carbonyl (C=O) groups is 4. The number of carbonyl (C=O) groups excluding carboxylic acids is 3. The number of hydrogen-bond donors (Lipinski definition) is 1. The summed E-state index contributed by atoms with van der Waals surface area (Å²) in [6, 6.07) is 4.71. The van der Waals surface area contributed by atoms with E-state index in [1.54, 1.807) is 6.07 Å². The van der Waals surface area contributed by atoms with Crippen LogP contribution in [-0.2, 0) is 9.59 Å². The molecular weight excluding hydrogens is 356 g/mol. The molecule has 1 aliphatic rings. The minimum absolute atomic E-state index is 0.0168. The Morgan fingerprint density at radius 3 is 2.50 bits per heavy atom. The highest BCUT2D eigenvalue weighted by Gasteiger charge is 2.37. The Bertz CT molecular complexity index is 673. The summed E-state index contributed by atoms with van der Waals surface area (Å²) >= 11 is 3.23. The SMILES string of the molecule is CN(CCC(=O)O)C(=O)CN1C(=O)c2ccc(Br)cc2C1=O. The van der Waals surface area contributed by atoms with Crippen LogP contribution in [-0.4, -0.2) is 58.7 Å². The Hall–Kier alpha value is -2.22. The number of halogens is 1. The minimum Gasteiger partial charge on any atom is -0.481 e. The van der Waals surface area contributed by atoms with E-state index in [1.165, 1.54) is 24.1 Å². The average molecular weight is 369 g/mol. The van der Waals surface area contributed by atoms with Crippen molar-refractivity contribution in [1.82, 2.24) is 9.80 Å². The Morgan fingerprint density at radius 1 is 1.23 bits per heavy atom. The maximum absolute atomic E-state index is 12.2. The van der Waals surface area contributed by atoms with Crippen molar-refractivity contribution >= 4 is 39.6 Å². The normalized spacial score (nSPS) is 13.3. The number of nitrogens with zero attached hydrogens (tertiary/aromatic N) is 2. The van der Waals surface area contributed by atoms with Gasteiger partial charge in [-0.25, -0.2) is 0 Å². The highest BCUT2D eigenvalue weighted by Crippen LogP contribution is 2.25. The van der Waals surface area contributed by atoms with Gasteiger partial charge in [-0.05, 0) is 18.2 Å². The summed E-state index contributed by atoms with van der Waals surface area (Å²) in [5, 5.41) is 8.60. The van der Waals surface area contributed by atoms with Gasteiger partial charge in [0.05, 0.1) is 17.5 Å². The third-order valence-electron chi connectivity index (χ3n) is 3.31. The van der Waals surface area contributed by atoms with E-state index in [2.05, 4.69) is 15.9 Å². The summed E-state index contributed by atoms with van der Waals surface area (Å²) in [4.78, 5) is 48.9. The van der Waals surface area contributed by atoms with Crippen molar-refractivity contribution < 1.29 is 24.3 Å². The first-order valence-corrected chi connectivity index (χ1v) is 7.22. The van der Waals surface area contributed by atoms with Crippen molar-refractivity contribution in [2.75, 3.05) is 20.1 Å². The van der Waals surface area contributed by atoms with Gasteiger partial charge in [-0.15, -0.1) is 0 Å². The van der Waals surface area contributed by atoms with Crippen LogP contribution in [0.2, 0.25) is 0 Å². The molecule has 1 aromatic rings. The lowest BCUT2D eigenvalue weighted by Crippen LogP contribution is -2.41. The lowest BCUT2D eigenvalue weighted by atomic mass is 10.1. The molecule has 0 aliphatic carbocycles. The van der Waals surface area contributed by atoms with Gasteiger partial charge in [0.25, 0.3) is 11.8 Å². The molecule has 0 unspecified atom stereocenters. The number of imide groups is 1. The van der Waals surface area contributed by atoms with Gasteiger partial charge < -0.3 is 10.0 Å². The number of carboxylic acid groups (broad SMARTS) is 1. The van der Waals surface area contributed by atoms with Crippen LogP contribution < -0.4 is 0 Å². The lowest BCUT2D eigenvalue weighted by Gasteiger charge is -2.19. The molecule has 0 saturated carbocycles. The van der Waals surface area contributed by atoms with Crippen LogP contribution in [0.15, 0.2) is 22.7 Å². The largest absolute Gasteiger partial charge is 0.481 e. The fraction of sp³-hybridized carbons (Fsp3) is 0.286. The molecule has 22 heavy (non-hydrogen) atoms. The maximum Gasteiger partial charge on any atom is 0.305 e. The summed E-state index contributed by atoms with van der Waals surface area (Å²) in [5.74, 6) is -2.56. The number of hydrogen-bond acceptors (Lipinski definition) is 4. The molecule has 0 radical (unpaired) electrons. The van der Waals surface area contributed by atoms with Crippen molar-refractivity contribution in [3.05, 3.63) is 33.8 Å². The Kier molecular flexibility index (Phi) is 4.60. The molecule has 0 spiro atoms. The fourth-order valence-electron chi connectivity index (χ4n) is 2.05. The first-order chi connectivity index (χ1) is 10.3. The fourth-order valence-corrected chi connectivity index (χ4v) is 2.41. The molecule has 1 aromatic carbocycles. The first kappa shape index (κ1) is 16.2. The number of fused-ring (bicyclic) bond motifs is 1. The second kappa shape index (κ2) is 6.27. The highest BCUT2D eigenvalue weighted by molar-refractivity contribution is 9.10. The Morgan fingerprint density at radius 2 is 1.86 bits per heavy atom. The number of aliphatic carboxylic acids is 1. The van der Waals surface area contributed by atoms with Crippen molar-refractivity contribution in [2.24, 2.45) is 0 Å². The van der Waals surface area contributed by atoms with E-state index >= 15 is 0 Å². The molecule has 0 saturated heterocycles. The van der Waals surface area contributed by atoms with Crippen molar-refractivity contribution in [3.8, 4) is 0 Å². The quantitative estimate of drug-likeness (QED) is 0.781. The standard InChI is InChI=1S/C14H13BrN2O5/c1-16(5-4-12(19)20)11(18)7-17-13(21)9-3-2-8(15)6-10(9)14(17)22/h2-3,6H,4-5,7H2,1H3,(H,19,20). The molecule has 7 nitrogen and oxygen atoms in total. The van der Waals surface area contributed by atoms with Crippen LogP contribution in [0.5, 0.6) is 0 Å². The summed E-state index contributed by atoms with van der Waals surface area (Å²) < 4.78 is 0.666. The molecule has 3 amide bonds. The van der Waals surface area contributed by atoms with Gasteiger partial charge in [0.2, 0.25) is 5.91 Å². The number of benzene rings is 1. The molecule has 1 heterocycles. The van der Waals surface area contributed by atoms with E-state index in [0.717, 1.165) is 4.90 Å². The van der Waals surface area contributed by atoms with E-state index in [4.69, 9.17) is 5.11 Å². The van der Waals surface area contributed by atoms with Crippen LogP contribution in [0.3, 0.4) is 0 Å². The summed E-state index contributed by atoms with van der Waals surface area (Å²) in [5.41, 5.74) is 0.509. The molecule has 0 bridgehead atoms. The van der Waals surface area contributed by atoms with Crippen molar-refractivity contribution in [3.63, 3.8) is 0 Å². The van der Waals surface area contributed by atoms with Crippen LogP contribution in [0.4, 0.5) is 0 Å². The maximum atomic E-state index is 12.2. The van der Waals surface area contributed by atoms with Crippen LogP contribution in [0.1, 0.15) is 27.1 Å². The molecule has 1 N–H and O–H groups in total. The molecule has 8 heteroatoms. The summed E-state index contributed by atoms with van der Waals surface area (Å²) in [6.07, 6.45) is -0.197. The molecule has 2 rings (SSSR count). The van der Waals surface area contributed by atoms with E-state index in [1.807, 2.05) is 0 Å². The second-order valence-electron chi connectivity index (χ2n) is 4.85. The lowest BCUT2D eigenvalue weighted by molar-refractivity contribution is -0.138. The third kappa shape index (κ3) is 3.16. The van der Waals surface area contributed by atoms with Crippen LogP contribution in [0, 0.1) is 0 Å². The molecule has 0 atom stereocenters. The number of carboxylic acids is 1. The second-order valence-corrected chi connectivity index (χ2v) is 5.76. The van der Waals surface area contributed by atoms with Gasteiger partial charge in [-0.2, -0.15) is 0 Å². The van der Waals surface area contributed by atoms with Crippen molar-refractivity contribution in [2.45, 2.75) is 6.42 Å². The van der Waals surface area contributed by atoms with Gasteiger partial charge >= 0.3 is 5.97 Å². The average Bonchev–Trinajstić information content (AvgIpc) is 2.69. The summed E-state index contributed by atoms with van der Waals surface area (Å²) in [7, 11) is 1.43. The van der Waals surface area contributed by atoms with E-state index in [0.29, 0.717) is 4.47 Å². The van der Waals surface area contributed by atoms with Crippen molar-refractivity contribution in [1.29, 1.82) is 0 Å². The van der Waals surface area contributed by atoms with Gasteiger partial charge in [0.1, 0.15) is 6.54 Å². The number of likely N-dealkylation sites (N-methyl/N-ethyl adjacent to an activating group) is 1. The monoisotopic (exact) mass is 368 g/mol. The highest BCUT2D eigenvalue weighted by atomic mass is 79.9. The number of rotatable bonds is 5. The van der Waals surface area contributed by atoms with Gasteiger partial charge in [-0.1, -0.05) is 15.9 Å². The van der Waals surface area contributed by atoms with Gasteiger partial charge in [0, 0.05) is 18.1 Å². The topological polar surface area (TPSA) is 95.0 Å². The van der Waals surface area contributed by atoms with E-state index in [9.17, 15) is 19.2 Å². The zero-order chi connectivity index (χ0) is 16.4. The molecular formula is C14H13BrN2O5. The minimum atomic E-state index is -1.02.